The lowest BCUT2D eigenvalue weighted by atomic mass is 9.70. The standard InChI is InChI=1S/C21H26BN3O3/c1-12-18-16(25-19(23)24-12)10-13(11-17(18)26)14-8-6-7-9-15(14)22-27-20(2,3)21(4,5)28-22/h6-9,13H,10-11H2,1-5H3,(H2,23,24,25). The van der Waals surface area contributed by atoms with Gasteiger partial charge in [0.1, 0.15) is 0 Å². The van der Waals surface area contributed by atoms with E-state index in [0.717, 1.165) is 16.7 Å². The summed E-state index contributed by atoms with van der Waals surface area (Å²) in [5.74, 6) is 0.278. The van der Waals surface area contributed by atoms with E-state index in [2.05, 4.69) is 16.0 Å². The van der Waals surface area contributed by atoms with Crippen LogP contribution >= 0.6 is 0 Å². The first-order valence-corrected chi connectivity index (χ1v) is 9.70. The lowest BCUT2D eigenvalue weighted by Gasteiger charge is -2.32. The number of nitrogens with two attached hydrogens (primary N) is 1. The Hall–Kier alpha value is -2.25. The van der Waals surface area contributed by atoms with E-state index >= 15 is 0 Å². The van der Waals surface area contributed by atoms with E-state index in [1.165, 1.54) is 0 Å². The first-order chi connectivity index (χ1) is 13.1. The highest BCUT2D eigenvalue weighted by atomic mass is 16.7. The lowest BCUT2D eigenvalue weighted by molar-refractivity contribution is 0.00578. The van der Waals surface area contributed by atoms with E-state index < -0.39 is 18.3 Å². The van der Waals surface area contributed by atoms with Crippen molar-refractivity contribution in [1.82, 2.24) is 9.97 Å². The van der Waals surface area contributed by atoms with Gasteiger partial charge in [0.25, 0.3) is 0 Å². The minimum absolute atomic E-state index is 0.00363. The molecule has 0 saturated carbocycles. The summed E-state index contributed by atoms with van der Waals surface area (Å²) in [6.07, 6.45) is 1.06. The molecule has 1 unspecified atom stereocenters. The SMILES string of the molecule is Cc1nc(N)nc2c1C(=O)CC(c1ccccc1B1OC(C)(C)C(C)(C)O1)C2. The van der Waals surface area contributed by atoms with Crippen molar-refractivity contribution >= 4 is 24.3 Å². The predicted molar refractivity (Wildman–Crippen MR) is 109 cm³/mol. The van der Waals surface area contributed by atoms with Gasteiger partial charge < -0.3 is 15.0 Å². The smallest absolute Gasteiger partial charge is 0.399 e. The van der Waals surface area contributed by atoms with Crippen LogP contribution in [-0.4, -0.2) is 34.1 Å². The molecular weight excluding hydrogens is 353 g/mol. The number of hydrogen-bond acceptors (Lipinski definition) is 6. The molecule has 0 bridgehead atoms. The number of nitrogens with zero attached hydrogens (tertiary/aromatic N) is 2. The van der Waals surface area contributed by atoms with Crippen molar-refractivity contribution in [2.75, 3.05) is 5.73 Å². The van der Waals surface area contributed by atoms with Gasteiger partial charge in [0.2, 0.25) is 5.95 Å². The molecule has 4 rings (SSSR count). The molecule has 1 aliphatic carbocycles. The molecule has 0 radical (unpaired) electrons. The molecule has 28 heavy (non-hydrogen) atoms. The Labute approximate surface area is 166 Å². The van der Waals surface area contributed by atoms with Gasteiger partial charge in [-0.3, -0.25) is 4.79 Å². The van der Waals surface area contributed by atoms with Crippen molar-refractivity contribution in [1.29, 1.82) is 0 Å². The molecule has 1 fully saturated rings. The van der Waals surface area contributed by atoms with Crippen molar-refractivity contribution < 1.29 is 14.1 Å². The number of aromatic nitrogens is 2. The van der Waals surface area contributed by atoms with Gasteiger partial charge >= 0.3 is 7.12 Å². The molecule has 0 spiro atoms. The fourth-order valence-electron chi connectivity index (χ4n) is 4.08. The van der Waals surface area contributed by atoms with Crippen LogP contribution in [0.3, 0.4) is 0 Å². The van der Waals surface area contributed by atoms with E-state index in [1.807, 2.05) is 52.8 Å². The minimum atomic E-state index is -0.463. The summed E-state index contributed by atoms with van der Waals surface area (Å²) in [5.41, 5.74) is 9.04. The van der Waals surface area contributed by atoms with Gasteiger partial charge in [-0.05, 0) is 58.0 Å². The summed E-state index contributed by atoms with van der Waals surface area (Å²) in [6, 6.07) is 8.05. The third-order valence-corrected chi connectivity index (χ3v) is 6.28. The number of ketones is 1. The zero-order valence-corrected chi connectivity index (χ0v) is 17.1. The molecule has 0 amide bonds. The molecular formula is C21H26BN3O3. The van der Waals surface area contributed by atoms with Gasteiger partial charge in [0.05, 0.1) is 28.2 Å². The first kappa shape index (κ1) is 19.1. The van der Waals surface area contributed by atoms with Crippen molar-refractivity contribution in [3.05, 3.63) is 46.8 Å². The van der Waals surface area contributed by atoms with Crippen molar-refractivity contribution in [3.8, 4) is 0 Å². The van der Waals surface area contributed by atoms with Crippen LogP contribution < -0.4 is 11.2 Å². The maximum atomic E-state index is 12.9. The number of fused-ring (bicyclic) bond motifs is 1. The quantitative estimate of drug-likeness (QED) is 0.807. The molecule has 146 valence electrons. The number of benzene rings is 1. The van der Waals surface area contributed by atoms with Crippen LogP contribution in [0.15, 0.2) is 24.3 Å². The topological polar surface area (TPSA) is 87.3 Å². The van der Waals surface area contributed by atoms with Crippen LogP contribution in [0.1, 0.15) is 67.3 Å². The Morgan fingerprint density at radius 2 is 1.71 bits per heavy atom. The van der Waals surface area contributed by atoms with Gasteiger partial charge in [-0.25, -0.2) is 9.97 Å². The average Bonchev–Trinajstić information content (AvgIpc) is 2.81. The van der Waals surface area contributed by atoms with Crippen LogP contribution in [0, 0.1) is 6.92 Å². The van der Waals surface area contributed by atoms with Crippen molar-refractivity contribution in [2.45, 2.75) is 64.6 Å². The zero-order chi connectivity index (χ0) is 20.3. The van der Waals surface area contributed by atoms with Gasteiger partial charge in [0.15, 0.2) is 5.78 Å². The van der Waals surface area contributed by atoms with Crippen LogP contribution in [-0.2, 0) is 15.7 Å². The number of hydrogen-bond donors (Lipinski definition) is 1. The molecule has 2 heterocycles. The number of rotatable bonds is 2. The normalized spacial score (nSPS) is 23.0. The Kier molecular flexibility index (Phi) is 4.36. The number of carbonyl (C=O) groups is 1. The number of nitrogen functional groups attached to an aromatic ring is 1. The molecule has 2 aromatic rings. The van der Waals surface area contributed by atoms with Crippen LogP contribution in [0.25, 0.3) is 0 Å². The van der Waals surface area contributed by atoms with Crippen LogP contribution in [0.2, 0.25) is 0 Å². The first-order valence-electron chi connectivity index (χ1n) is 9.70. The molecule has 1 atom stereocenters. The fourth-order valence-corrected chi connectivity index (χ4v) is 4.08. The molecule has 2 aliphatic rings. The van der Waals surface area contributed by atoms with Gasteiger partial charge in [-0.15, -0.1) is 0 Å². The second-order valence-electron chi connectivity index (χ2n) is 8.73. The highest BCUT2D eigenvalue weighted by Crippen LogP contribution is 2.38. The summed E-state index contributed by atoms with van der Waals surface area (Å²) in [4.78, 5) is 21.4. The number of aryl methyl sites for hydroxylation is 1. The lowest BCUT2D eigenvalue weighted by Crippen LogP contribution is -2.41. The largest absolute Gasteiger partial charge is 0.495 e. The summed E-state index contributed by atoms with van der Waals surface area (Å²) in [7, 11) is -0.463. The van der Waals surface area contributed by atoms with Crippen molar-refractivity contribution in [3.63, 3.8) is 0 Å². The van der Waals surface area contributed by atoms with E-state index in [0.29, 0.717) is 24.1 Å². The predicted octanol–water partition coefficient (Wildman–Crippen LogP) is 2.58. The summed E-state index contributed by atoms with van der Waals surface area (Å²) in [6.45, 7) is 9.97. The third-order valence-electron chi connectivity index (χ3n) is 6.28. The zero-order valence-electron chi connectivity index (χ0n) is 17.1. The summed E-state index contributed by atoms with van der Waals surface area (Å²) >= 11 is 0. The molecule has 1 saturated heterocycles. The molecule has 1 aromatic carbocycles. The monoisotopic (exact) mass is 379 g/mol. The Bertz CT molecular complexity index is 942. The van der Waals surface area contributed by atoms with Crippen molar-refractivity contribution in [2.24, 2.45) is 0 Å². The highest BCUT2D eigenvalue weighted by molar-refractivity contribution is 6.62. The summed E-state index contributed by atoms with van der Waals surface area (Å²) in [5, 5.41) is 0. The van der Waals surface area contributed by atoms with E-state index in [-0.39, 0.29) is 17.6 Å². The third kappa shape index (κ3) is 3.03. The molecule has 1 aliphatic heterocycles. The molecule has 2 N–H and O–H groups in total. The Morgan fingerprint density at radius 1 is 1.07 bits per heavy atom. The van der Waals surface area contributed by atoms with E-state index in [4.69, 9.17) is 15.0 Å². The maximum Gasteiger partial charge on any atom is 0.495 e. The van der Waals surface area contributed by atoms with Gasteiger partial charge in [0, 0.05) is 6.42 Å². The second-order valence-corrected chi connectivity index (χ2v) is 8.73. The Balaban J connectivity index is 1.71. The van der Waals surface area contributed by atoms with E-state index in [9.17, 15) is 4.79 Å². The average molecular weight is 379 g/mol. The Morgan fingerprint density at radius 3 is 2.39 bits per heavy atom. The highest BCUT2D eigenvalue weighted by Gasteiger charge is 2.52. The molecule has 7 heteroatoms. The van der Waals surface area contributed by atoms with Crippen LogP contribution in [0.5, 0.6) is 0 Å². The molecule has 6 nitrogen and oxygen atoms in total. The summed E-state index contributed by atoms with van der Waals surface area (Å²) < 4.78 is 12.5. The second kappa shape index (κ2) is 6.39. The number of Topliss-reactive ketones (excluding diaryl/α,β-unsaturated/α-hetero) is 1. The molecule has 1 aromatic heterocycles. The minimum Gasteiger partial charge on any atom is -0.399 e. The maximum absolute atomic E-state index is 12.9. The fraction of sp³-hybridized carbons (Fsp3) is 0.476. The van der Waals surface area contributed by atoms with Gasteiger partial charge in [-0.2, -0.15) is 0 Å². The number of anilines is 1. The van der Waals surface area contributed by atoms with Gasteiger partial charge in [-0.1, -0.05) is 24.3 Å². The van der Waals surface area contributed by atoms with Crippen LogP contribution in [0.4, 0.5) is 5.95 Å². The number of carbonyl (C=O) groups excluding carboxylic acids is 1. The van der Waals surface area contributed by atoms with E-state index in [1.54, 1.807) is 0 Å².